The minimum absolute atomic E-state index is 0.214. The molecule has 0 fully saturated rings. The van der Waals surface area contributed by atoms with Crippen molar-refractivity contribution in [3.63, 3.8) is 0 Å². The van der Waals surface area contributed by atoms with E-state index in [4.69, 9.17) is 40.4 Å². The third-order valence-electron chi connectivity index (χ3n) is 6.42. The zero-order valence-corrected chi connectivity index (χ0v) is 23.8. The van der Waals surface area contributed by atoms with Crippen LogP contribution in [0.1, 0.15) is 29.0 Å². The Kier molecular flexibility index (Phi) is 7.88. The highest BCUT2D eigenvalue weighted by atomic mass is 35.5. The molecular formula is C30H27ClN6S2. The van der Waals surface area contributed by atoms with Gasteiger partial charge >= 0.3 is 0 Å². The Labute approximate surface area is 242 Å². The van der Waals surface area contributed by atoms with E-state index in [0.717, 1.165) is 44.9 Å². The third-order valence-corrected chi connectivity index (χ3v) is 8.04. The van der Waals surface area contributed by atoms with Gasteiger partial charge in [-0.3, -0.25) is 5.43 Å². The van der Waals surface area contributed by atoms with Gasteiger partial charge in [-0.25, -0.2) is 4.99 Å². The topological polar surface area (TPSA) is 105 Å². The summed E-state index contributed by atoms with van der Waals surface area (Å²) in [6.45, 7) is 4.04. The van der Waals surface area contributed by atoms with E-state index in [2.05, 4.69) is 46.6 Å². The van der Waals surface area contributed by atoms with Crippen molar-refractivity contribution in [3.8, 4) is 22.4 Å². The van der Waals surface area contributed by atoms with Crippen LogP contribution < -0.4 is 16.9 Å². The van der Waals surface area contributed by atoms with E-state index in [-0.39, 0.29) is 16.1 Å². The highest BCUT2D eigenvalue weighted by molar-refractivity contribution is 8.14. The summed E-state index contributed by atoms with van der Waals surface area (Å²) in [7, 11) is 0. The van der Waals surface area contributed by atoms with E-state index in [1.165, 1.54) is 11.8 Å². The average Bonchev–Trinajstić information content (AvgIpc) is 3.29. The lowest BCUT2D eigenvalue weighted by molar-refractivity contribution is 1.00. The molecular weight excluding hydrogens is 544 g/mol. The Morgan fingerprint density at radius 2 is 1.62 bits per heavy atom. The molecule has 1 unspecified atom stereocenters. The van der Waals surface area contributed by atoms with Crippen LogP contribution in [0.2, 0.25) is 5.02 Å². The van der Waals surface area contributed by atoms with Crippen LogP contribution in [0.25, 0.3) is 22.4 Å². The summed E-state index contributed by atoms with van der Waals surface area (Å²) in [4.78, 5) is 8.33. The molecule has 1 aliphatic rings. The van der Waals surface area contributed by atoms with E-state index in [1.54, 1.807) is 0 Å². The van der Waals surface area contributed by atoms with Crippen LogP contribution in [0, 0.1) is 6.92 Å². The number of nitrogens with one attached hydrogen (secondary N) is 2. The van der Waals surface area contributed by atoms with E-state index in [9.17, 15) is 0 Å². The second-order valence-corrected chi connectivity index (χ2v) is 11.0. The largest absolute Gasteiger partial charge is 0.390 e. The monoisotopic (exact) mass is 570 g/mol. The molecule has 0 radical (unpaired) electrons. The number of thioether (sulfide) groups is 1. The first-order valence-corrected chi connectivity index (χ1v) is 13.9. The van der Waals surface area contributed by atoms with E-state index < -0.39 is 0 Å². The Morgan fingerprint density at radius 1 is 1.00 bits per heavy atom. The van der Waals surface area contributed by atoms with Gasteiger partial charge in [0.15, 0.2) is 5.17 Å². The van der Waals surface area contributed by atoms with Gasteiger partial charge in [0.1, 0.15) is 10.8 Å². The second kappa shape index (κ2) is 11.5. The molecule has 5 rings (SSSR count). The Hall–Kier alpha value is -3.85. The van der Waals surface area contributed by atoms with Crippen LogP contribution in [0.5, 0.6) is 0 Å². The van der Waals surface area contributed by atoms with Crippen LogP contribution in [0.3, 0.4) is 0 Å². The van der Waals surface area contributed by atoms with Crippen molar-refractivity contribution in [2.75, 3.05) is 0 Å². The van der Waals surface area contributed by atoms with Gasteiger partial charge in [0.2, 0.25) is 0 Å². The molecule has 6 nitrogen and oxygen atoms in total. The molecule has 6 N–H and O–H groups in total. The fourth-order valence-electron chi connectivity index (χ4n) is 4.66. The number of hydrazone groups is 1. The van der Waals surface area contributed by atoms with Gasteiger partial charge in [0.05, 0.1) is 16.7 Å². The van der Waals surface area contributed by atoms with E-state index in [1.807, 2.05) is 67.6 Å². The summed E-state index contributed by atoms with van der Waals surface area (Å²) in [6.07, 6.45) is 0. The van der Waals surface area contributed by atoms with Crippen molar-refractivity contribution in [3.05, 3.63) is 118 Å². The number of aryl methyl sites for hydroxylation is 1. The number of halogens is 1. The average molecular weight is 571 g/mol. The van der Waals surface area contributed by atoms with Crippen LogP contribution in [0.15, 0.2) is 106 Å². The lowest BCUT2D eigenvalue weighted by atomic mass is 9.95. The van der Waals surface area contributed by atoms with Crippen molar-refractivity contribution in [2.45, 2.75) is 19.1 Å². The number of aromatic amines is 1. The van der Waals surface area contributed by atoms with Crippen LogP contribution >= 0.6 is 35.6 Å². The summed E-state index contributed by atoms with van der Waals surface area (Å²) in [5.41, 5.74) is 24.3. The van der Waals surface area contributed by atoms with Gasteiger partial charge < -0.3 is 16.5 Å². The number of aliphatic imine (C=N–C) groups is 1. The molecule has 4 aromatic rings. The van der Waals surface area contributed by atoms with Gasteiger partial charge in [0.25, 0.3) is 0 Å². The molecule has 9 heteroatoms. The quantitative estimate of drug-likeness (QED) is 0.114. The fraction of sp³-hybridized carbons (Fsp3) is 0.100. The lowest BCUT2D eigenvalue weighted by Crippen LogP contribution is -2.28. The first kappa shape index (κ1) is 26.7. The molecule has 39 heavy (non-hydrogen) atoms. The minimum Gasteiger partial charge on any atom is -0.390 e. The Bertz CT molecular complexity index is 1610. The molecule has 196 valence electrons. The molecule has 0 saturated carbocycles. The lowest BCUT2D eigenvalue weighted by Gasteiger charge is -2.25. The number of thiocarbonyl (C=S) groups is 1. The van der Waals surface area contributed by atoms with Gasteiger partial charge in [-0.1, -0.05) is 108 Å². The van der Waals surface area contributed by atoms with Crippen LogP contribution in [-0.4, -0.2) is 20.9 Å². The predicted octanol–water partition coefficient (Wildman–Crippen LogP) is 6.92. The van der Waals surface area contributed by atoms with Gasteiger partial charge in [0, 0.05) is 27.4 Å². The van der Waals surface area contributed by atoms with Crippen LogP contribution in [-0.2, 0) is 0 Å². The molecule has 0 spiro atoms. The first-order chi connectivity index (χ1) is 18.8. The Morgan fingerprint density at radius 3 is 2.23 bits per heavy atom. The summed E-state index contributed by atoms with van der Waals surface area (Å²) in [6, 6.07) is 28.1. The number of hydrogen-bond donors (Lipinski definition) is 4. The maximum Gasteiger partial charge on any atom is 0.184 e. The maximum atomic E-state index is 6.33. The van der Waals surface area contributed by atoms with Crippen molar-refractivity contribution in [1.29, 1.82) is 0 Å². The highest BCUT2D eigenvalue weighted by Crippen LogP contribution is 2.41. The second-order valence-electron chi connectivity index (χ2n) is 9.05. The van der Waals surface area contributed by atoms with Crippen molar-refractivity contribution >= 4 is 51.4 Å². The molecule has 3 aromatic carbocycles. The maximum absolute atomic E-state index is 6.33. The number of nitrogens with zero attached hydrogens (tertiary/aromatic N) is 2. The van der Waals surface area contributed by atoms with Crippen molar-refractivity contribution < 1.29 is 0 Å². The summed E-state index contributed by atoms with van der Waals surface area (Å²) < 4.78 is 0. The number of amidine groups is 1. The number of nitrogens with two attached hydrogens (primary N) is 2. The number of aromatic nitrogens is 1. The summed E-state index contributed by atoms with van der Waals surface area (Å²) >= 11 is 12.9. The van der Waals surface area contributed by atoms with Crippen LogP contribution in [0.4, 0.5) is 0 Å². The molecule has 0 aliphatic carbocycles. The molecule has 0 amide bonds. The van der Waals surface area contributed by atoms with Crippen molar-refractivity contribution in [1.82, 2.24) is 10.4 Å². The predicted molar refractivity (Wildman–Crippen MR) is 169 cm³/mol. The summed E-state index contributed by atoms with van der Waals surface area (Å²) in [5, 5.41) is 5.70. The molecule has 2 heterocycles. The van der Waals surface area contributed by atoms with Crippen molar-refractivity contribution in [2.24, 2.45) is 21.6 Å². The van der Waals surface area contributed by atoms with Gasteiger partial charge in [-0.2, -0.15) is 5.10 Å². The first-order valence-electron chi connectivity index (χ1n) is 12.3. The number of rotatable bonds is 6. The number of hydrogen-bond acceptors (Lipinski definition) is 6. The number of benzene rings is 3. The molecule has 0 bridgehead atoms. The highest BCUT2D eigenvalue weighted by Gasteiger charge is 2.29. The molecule has 1 atom stereocenters. The zero-order chi connectivity index (χ0) is 27.5. The standard InChI is InChI=1S/C30H27ClN6S2/c1-17-23(24(19-9-5-3-6-10-19)26(34-17)20-11-7-4-8-12-20)18(2)36-37-30-35-28(32)25(29(33)38)27(39-30)21-13-15-22(31)16-14-21/h3-16,27,34H,32H2,1-2H3,(H2,33,38)(H,35,37)/b36-18+. The normalized spacial score (nSPS) is 15.7. The number of H-pyrrole nitrogens is 1. The molecule has 1 aliphatic heterocycles. The smallest absolute Gasteiger partial charge is 0.184 e. The zero-order valence-electron chi connectivity index (χ0n) is 21.4. The van der Waals surface area contributed by atoms with Gasteiger partial charge in [-0.15, -0.1) is 0 Å². The Balaban J connectivity index is 1.52. The SMILES string of the molecule is C/C(=N\NC1=NC(N)=C(C(N)=S)C(c2ccc(Cl)cc2)S1)c1c(C)[nH]c(-c2ccccc2)c1-c1ccccc1. The fourth-order valence-corrected chi connectivity index (χ4v) is 6.21. The summed E-state index contributed by atoms with van der Waals surface area (Å²) in [5.74, 6) is 0.269. The van der Waals surface area contributed by atoms with E-state index in [0.29, 0.717) is 15.8 Å². The molecule has 1 aromatic heterocycles. The third kappa shape index (κ3) is 5.63. The van der Waals surface area contributed by atoms with Gasteiger partial charge in [-0.05, 0) is 42.7 Å². The van der Waals surface area contributed by atoms with E-state index >= 15 is 0 Å². The molecule has 0 saturated heterocycles. The minimum atomic E-state index is -0.242.